The Morgan fingerprint density at radius 3 is 2.06 bits per heavy atom. The summed E-state index contributed by atoms with van der Waals surface area (Å²) < 4.78 is 0. The number of nitrogens with zero attached hydrogens (tertiary/aromatic N) is 2. The summed E-state index contributed by atoms with van der Waals surface area (Å²) in [7, 11) is 0. The number of carbonyl (C=O) groups is 3. The van der Waals surface area contributed by atoms with Crippen molar-refractivity contribution in [2.24, 2.45) is 11.8 Å². The summed E-state index contributed by atoms with van der Waals surface area (Å²) in [5, 5.41) is 14.8. The van der Waals surface area contributed by atoms with Gasteiger partial charge in [0.05, 0.1) is 0 Å². The topological polar surface area (TPSA) is 98.2 Å². The summed E-state index contributed by atoms with van der Waals surface area (Å²) in [5.41, 5.74) is 2.77. The van der Waals surface area contributed by atoms with Crippen molar-refractivity contribution in [3.8, 4) is 0 Å². The molecule has 0 aromatic heterocycles. The summed E-state index contributed by atoms with van der Waals surface area (Å²) >= 11 is 0. The van der Waals surface area contributed by atoms with Gasteiger partial charge in [-0.1, -0.05) is 43.5 Å². The van der Waals surface area contributed by atoms with Crippen LogP contribution in [-0.4, -0.2) is 64.0 Å². The molecule has 0 spiro atoms. The van der Waals surface area contributed by atoms with Gasteiger partial charge in [0.15, 0.2) is 0 Å². The number of hydrogen-bond acceptors (Lipinski definition) is 4. The van der Waals surface area contributed by atoms with Gasteiger partial charge in [0.2, 0.25) is 5.91 Å². The molecule has 170 valence electrons. The highest BCUT2D eigenvalue weighted by Crippen LogP contribution is 2.28. The largest absolute Gasteiger partial charge is 0.473 e. The van der Waals surface area contributed by atoms with E-state index in [9.17, 15) is 4.79 Å². The molecule has 31 heavy (non-hydrogen) atoms. The maximum atomic E-state index is 13.0. The van der Waals surface area contributed by atoms with Crippen molar-refractivity contribution in [2.75, 3.05) is 26.2 Å². The zero-order chi connectivity index (χ0) is 22.2. The van der Waals surface area contributed by atoms with Crippen LogP contribution in [0.5, 0.6) is 0 Å². The lowest BCUT2D eigenvalue weighted by Gasteiger charge is -2.37. The monoisotopic (exact) mass is 430 g/mol. The quantitative estimate of drug-likeness (QED) is 0.716. The van der Waals surface area contributed by atoms with Gasteiger partial charge < -0.3 is 20.0 Å². The van der Waals surface area contributed by atoms with Gasteiger partial charge in [0, 0.05) is 25.6 Å². The number of carbonyl (C=O) groups excluding carboxylic acids is 1. The Kier molecular flexibility index (Phi) is 8.46. The second-order valence-corrected chi connectivity index (χ2v) is 8.97. The second kappa shape index (κ2) is 11.3. The fourth-order valence-electron chi connectivity index (χ4n) is 5.04. The van der Waals surface area contributed by atoms with E-state index in [2.05, 4.69) is 34.1 Å². The van der Waals surface area contributed by atoms with E-state index in [4.69, 9.17) is 19.8 Å². The fourth-order valence-corrected chi connectivity index (χ4v) is 5.04. The minimum atomic E-state index is -1.82. The van der Waals surface area contributed by atoms with Crippen molar-refractivity contribution in [3.05, 3.63) is 35.4 Å². The van der Waals surface area contributed by atoms with Gasteiger partial charge >= 0.3 is 11.9 Å². The van der Waals surface area contributed by atoms with Gasteiger partial charge in [-0.05, 0) is 62.2 Å². The van der Waals surface area contributed by atoms with Crippen molar-refractivity contribution in [1.82, 2.24) is 9.80 Å². The molecule has 1 aromatic rings. The molecule has 7 nitrogen and oxygen atoms in total. The molecule has 2 heterocycles. The van der Waals surface area contributed by atoms with Crippen LogP contribution in [0.4, 0.5) is 0 Å². The Labute approximate surface area is 184 Å². The van der Waals surface area contributed by atoms with E-state index in [-0.39, 0.29) is 5.92 Å². The number of fused-ring (bicyclic) bond motifs is 1. The van der Waals surface area contributed by atoms with E-state index >= 15 is 0 Å². The van der Waals surface area contributed by atoms with Gasteiger partial charge in [0.1, 0.15) is 0 Å². The van der Waals surface area contributed by atoms with Crippen molar-refractivity contribution in [1.29, 1.82) is 0 Å². The molecule has 3 aliphatic rings. The van der Waals surface area contributed by atoms with Crippen LogP contribution in [0.2, 0.25) is 0 Å². The Hall–Kier alpha value is -2.41. The number of carboxylic acids is 2. The molecule has 1 aliphatic carbocycles. The van der Waals surface area contributed by atoms with Crippen LogP contribution in [0.15, 0.2) is 24.3 Å². The molecule has 4 rings (SSSR count). The standard InChI is InChI=1S/C22H32N2O.C2H2O4/c25-22(24-15-12-19-8-4-5-9-21(19)17-24)20-10-13-23(14-11-20)16-18-6-2-1-3-7-18;3-1(4)2(5)6/h4-5,8-9,18,20H,1-3,6-7,10-17H2;(H,3,4)(H,5,6). The van der Waals surface area contributed by atoms with Crippen LogP contribution >= 0.6 is 0 Å². The summed E-state index contributed by atoms with van der Waals surface area (Å²) in [6, 6.07) is 8.59. The molecule has 0 atom stereocenters. The predicted molar refractivity (Wildman–Crippen MR) is 117 cm³/mol. The normalized spacial score (nSPS) is 20.3. The number of piperidine rings is 1. The van der Waals surface area contributed by atoms with Crippen molar-refractivity contribution >= 4 is 17.8 Å². The minimum absolute atomic E-state index is 0.257. The van der Waals surface area contributed by atoms with Crippen LogP contribution < -0.4 is 0 Å². The van der Waals surface area contributed by atoms with Crippen molar-refractivity contribution in [2.45, 2.75) is 57.9 Å². The summed E-state index contributed by atoms with van der Waals surface area (Å²) in [6.45, 7) is 5.24. The van der Waals surface area contributed by atoms with Crippen molar-refractivity contribution < 1.29 is 24.6 Å². The maximum absolute atomic E-state index is 13.0. The predicted octanol–water partition coefficient (Wildman–Crippen LogP) is 3.02. The van der Waals surface area contributed by atoms with E-state index < -0.39 is 11.9 Å². The van der Waals surface area contributed by atoms with Crippen LogP contribution in [0.3, 0.4) is 0 Å². The number of hydrogen-bond donors (Lipinski definition) is 2. The van der Waals surface area contributed by atoms with E-state index in [1.54, 1.807) is 0 Å². The second-order valence-electron chi connectivity index (χ2n) is 8.97. The molecule has 1 saturated carbocycles. The Morgan fingerprint density at radius 1 is 0.839 bits per heavy atom. The molecule has 2 N–H and O–H groups in total. The fraction of sp³-hybridized carbons (Fsp3) is 0.625. The van der Waals surface area contributed by atoms with Crippen molar-refractivity contribution in [3.63, 3.8) is 0 Å². The van der Waals surface area contributed by atoms with E-state index in [0.29, 0.717) is 5.91 Å². The van der Waals surface area contributed by atoms with Gasteiger partial charge in [-0.25, -0.2) is 9.59 Å². The third-order valence-electron chi connectivity index (χ3n) is 6.80. The Morgan fingerprint density at radius 2 is 1.45 bits per heavy atom. The van der Waals surface area contributed by atoms with Crippen LogP contribution in [0.25, 0.3) is 0 Å². The molecule has 2 aliphatic heterocycles. The van der Waals surface area contributed by atoms with E-state index in [0.717, 1.165) is 51.4 Å². The van der Waals surface area contributed by atoms with E-state index in [1.807, 2.05) is 0 Å². The highest BCUT2D eigenvalue weighted by atomic mass is 16.4. The molecule has 0 unspecified atom stereocenters. The lowest BCUT2D eigenvalue weighted by atomic mass is 9.87. The number of amides is 1. The lowest BCUT2D eigenvalue weighted by Crippen LogP contribution is -2.45. The third-order valence-corrected chi connectivity index (χ3v) is 6.80. The number of benzene rings is 1. The van der Waals surface area contributed by atoms with Crippen LogP contribution in [0, 0.1) is 11.8 Å². The summed E-state index contributed by atoms with van der Waals surface area (Å²) in [5.74, 6) is -2.07. The van der Waals surface area contributed by atoms with Gasteiger partial charge in [-0.2, -0.15) is 0 Å². The Balaban J connectivity index is 0.000000401. The highest BCUT2D eigenvalue weighted by molar-refractivity contribution is 6.27. The number of rotatable bonds is 3. The number of aliphatic carboxylic acids is 2. The Bertz CT molecular complexity index is 755. The maximum Gasteiger partial charge on any atom is 0.414 e. The van der Waals surface area contributed by atoms with Gasteiger partial charge in [0.25, 0.3) is 0 Å². The first-order valence-corrected chi connectivity index (χ1v) is 11.5. The molecular weight excluding hydrogens is 396 g/mol. The highest BCUT2D eigenvalue weighted by Gasteiger charge is 2.31. The smallest absolute Gasteiger partial charge is 0.414 e. The number of carboxylic acid groups (broad SMARTS) is 2. The van der Waals surface area contributed by atoms with Crippen LogP contribution in [0.1, 0.15) is 56.1 Å². The summed E-state index contributed by atoms with van der Waals surface area (Å²) in [4.78, 5) is 35.9. The SMILES string of the molecule is O=C(C1CCN(CC2CCCCC2)CC1)N1CCc2ccccc2C1.O=C(O)C(=O)O. The third kappa shape index (κ3) is 6.79. The average Bonchev–Trinajstić information content (AvgIpc) is 2.80. The lowest BCUT2D eigenvalue weighted by molar-refractivity contribution is -0.159. The zero-order valence-corrected chi connectivity index (χ0v) is 18.2. The molecule has 1 amide bonds. The molecule has 1 aromatic carbocycles. The first-order chi connectivity index (χ1) is 14.9. The number of likely N-dealkylation sites (tertiary alicyclic amines) is 1. The zero-order valence-electron chi connectivity index (χ0n) is 18.2. The average molecular weight is 431 g/mol. The van der Waals surface area contributed by atoms with Gasteiger partial charge in [-0.3, -0.25) is 4.79 Å². The minimum Gasteiger partial charge on any atom is -0.473 e. The first-order valence-electron chi connectivity index (χ1n) is 11.5. The molecule has 7 heteroatoms. The molecule has 0 bridgehead atoms. The van der Waals surface area contributed by atoms with Crippen LogP contribution in [-0.2, 0) is 27.3 Å². The first kappa shape index (κ1) is 23.3. The van der Waals surface area contributed by atoms with Gasteiger partial charge in [-0.15, -0.1) is 0 Å². The molecule has 0 radical (unpaired) electrons. The molecule has 1 saturated heterocycles. The molecular formula is C24H34N2O5. The van der Waals surface area contributed by atoms with E-state index in [1.165, 1.54) is 49.8 Å². The summed E-state index contributed by atoms with van der Waals surface area (Å²) in [6.07, 6.45) is 10.3. The molecule has 2 fully saturated rings.